The number of pyridine rings is 1. The SMILES string of the molecule is COc1ccc2[nH]c(=O)c(CN(CCCO)C(=S)Nc3cc(C)ccc3C)cc2c1. The number of hydrogen-bond donors (Lipinski definition) is 3. The van der Waals surface area contributed by atoms with Crippen molar-refractivity contribution >= 4 is 33.9 Å². The van der Waals surface area contributed by atoms with Gasteiger partial charge in [0.1, 0.15) is 5.75 Å². The predicted molar refractivity (Wildman–Crippen MR) is 125 cm³/mol. The van der Waals surface area contributed by atoms with Crippen molar-refractivity contribution in [3.63, 3.8) is 0 Å². The van der Waals surface area contributed by atoms with E-state index in [-0.39, 0.29) is 12.2 Å². The molecule has 0 saturated carbocycles. The molecule has 0 aliphatic carbocycles. The van der Waals surface area contributed by atoms with Crippen LogP contribution in [0.1, 0.15) is 23.1 Å². The van der Waals surface area contributed by atoms with Crippen LogP contribution in [0.2, 0.25) is 0 Å². The Morgan fingerprint density at radius 1 is 1.20 bits per heavy atom. The number of aliphatic hydroxyl groups excluding tert-OH is 1. The maximum atomic E-state index is 12.7. The number of hydrogen-bond acceptors (Lipinski definition) is 4. The first-order valence-corrected chi connectivity index (χ1v) is 10.3. The molecule has 0 amide bonds. The Morgan fingerprint density at radius 3 is 2.73 bits per heavy atom. The molecule has 3 N–H and O–H groups in total. The van der Waals surface area contributed by atoms with Crippen LogP contribution in [0.4, 0.5) is 5.69 Å². The zero-order valence-electron chi connectivity index (χ0n) is 17.5. The number of fused-ring (bicyclic) bond motifs is 1. The van der Waals surface area contributed by atoms with Gasteiger partial charge in [-0.2, -0.15) is 0 Å². The van der Waals surface area contributed by atoms with Gasteiger partial charge in [-0.25, -0.2) is 0 Å². The highest BCUT2D eigenvalue weighted by Gasteiger charge is 2.14. The molecule has 0 bridgehead atoms. The van der Waals surface area contributed by atoms with Crippen LogP contribution in [0.5, 0.6) is 5.75 Å². The summed E-state index contributed by atoms with van der Waals surface area (Å²) in [6.07, 6.45) is 0.550. The first-order valence-electron chi connectivity index (χ1n) is 9.85. The minimum absolute atomic E-state index is 0.0495. The molecule has 1 aromatic heterocycles. The van der Waals surface area contributed by atoms with Crippen molar-refractivity contribution in [2.75, 3.05) is 25.6 Å². The van der Waals surface area contributed by atoms with Crippen molar-refractivity contribution in [2.24, 2.45) is 0 Å². The van der Waals surface area contributed by atoms with E-state index in [0.717, 1.165) is 33.5 Å². The smallest absolute Gasteiger partial charge is 0.253 e. The molecule has 1 heterocycles. The van der Waals surface area contributed by atoms with Crippen LogP contribution < -0.4 is 15.6 Å². The summed E-state index contributed by atoms with van der Waals surface area (Å²) < 4.78 is 5.29. The standard InChI is InChI=1S/C23H27N3O3S/c1-15-5-6-16(2)21(11-15)25-23(30)26(9-4-10-27)14-18-12-17-13-19(29-3)7-8-20(17)24-22(18)28/h5-8,11-13,27H,4,9-10,14H2,1-3H3,(H,24,28)(H,25,30). The molecule has 0 aliphatic heterocycles. The minimum atomic E-state index is -0.156. The number of methoxy groups -OCH3 is 1. The molecule has 158 valence electrons. The van der Waals surface area contributed by atoms with Gasteiger partial charge in [0.2, 0.25) is 0 Å². The second kappa shape index (κ2) is 9.73. The van der Waals surface area contributed by atoms with Gasteiger partial charge in [0.25, 0.3) is 5.56 Å². The molecule has 0 atom stereocenters. The Morgan fingerprint density at radius 2 is 2.00 bits per heavy atom. The van der Waals surface area contributed by atoms with Gasteiger partial charge >= 0.3 is 0 Å². The van der Waals surface area contributed by atoms with Gasteiger partial charge in [-0.3, -0.25) is 4.79 Å². The van der Waals surface area contributed by atoms with Crippen molar-refractivity contribution in [1.82, 2.24) is 9.88 Å². The van der Waals surface area contributed by atoms with Crippen molar-refractivity contribution in [3.05, 3.63) is 69.5 Å². The van der Waals surface area contributed by atoms with Crippen molar-refractivity contribution in [2.45, 2.75) is 26.8 Å². The van der Waals surface area contributed by atoms with Crippen molar-refractivity contribution in [3.8, 4) is 5.75 Å². The Kier molecular flexibility index (Phi) is 7.07. The second-order valence-corrected chi connectivity index (χ2v) is 7.71. The summed E-state index contributed by atoms with van der Waals surface area (Å²) in [6.45, 7) is 4.96. The van der Waals surface area contributed by atoms with Gasteiger partial charge in [0, 0.05) is 35.3 Å². The van der Waals surface area contributed by atoms with E-state index in [9.17, 15) is 9.90 Å². The fourth-order valence-corrected chi connectivity index (χ4v) is 3.52. The van der Waals surface area contributed by atoms with Gasteiger partial charge in [-0.05, 0) is 73.9 Å². The number of H-pyrrole nitrogens is 1. The lowest BCUT2D eigenvalue weighted by molar-refractivity contribution is 0.265. The molecule has 3 rings (SSSR count). The average molecular weight is 426 g/mol. The number of thiocarbonyl (C=S) groups is 1. The zero-order valence-corrected chi connectivity index (χ0v) is 18.3. The lowest BCUT2D eigenvalue weighted by atomic mass is 10.1. The van der Waals surface area contributed by atoms with Gasteiger partial charge in [-0.1, -0.05) is 12.1 Å². The first kappa shape index (κ1) is 21.8. The van der Waals surface area contributed by atoms with Gasteiger partial charge in [0.05, 0.1) is 13.7 Å². The van der Waals surface area contributed by atoms with E-state index >= 15 is 0 Å². The van der Waals surface area contributed by atoms with E-state index in [1.54, 1.807) is 7.11 Å². The monoisotopic (exact) mass is 425 g/mol. The molecule has 0 unspecified atom stereocenters. The Hall–Kier alpha value is -2.90. The maximum absolute atomic E-state index is 12.7. The fourth-order valence-electron chi connectivity index (χ4n) is 3.26. The number of rotatable bonds is 7. The Labute approximate surface area is 181 Å². The number of aliphatic hydroxyl groups is 1. The number of ether oxygens (including phenoxy) is 1. The predicted octanol–water partition coefficient (Wildman–Crippen LogP) is 3.73. The van der Waals surface area contributed by atoms with Gasteiger partial charge in [0.15, 0.2) is 5.11 Å². The molecular weight excluding hydrogens is 398 g/mol. The Bertz CT molecular complexity index is 1110. The summed E-state index contributed by atoms with van der Waals surface area (Å²) in [5.41, 5.74) is 4.34. The van der Waals surface area contributed by atoms with E-state index in [2.05, 4.69) is 16.4 Å². The Balaban J connectivity index is 1.88. The van der Waals surface area contributed by atoms with E-state index in [1.165, 1.54) is 0 Å². The lowest BCUT2D eigenvalue weighted by Crippen LogP contribution is -2.37. The molecule has 30 heavy (non-hydrogen) atoms. The maximum Gasteiger partial charge on any atom is 0.253 e. The van der Waals surface area contributed by atoms with E-state index < -0.39 is 0 Å². The molecule has 3 aromatic rings. The number of nitrogens with one attached hydrogen (secondary N) is 2. The third kappa shape index (κ3) is 5.17. The third-order valence-electron chi connectivity index (χ3n) is 5.00. The van der Waals surface area contributed by atoms with Crippen LogP contribution in [0.3, 0.4) is 0 Å². The fraction of sp³-hybridized carbons (Fsp3) is 0.304. The van der Waals surface area contributed by atoms with Crippen LogP contribution in [0.15, 0.2) is 47.3 Å². The topological polar surface area (TPSA) is 77.6 Å². The molecule has 0 saturated heterocycles. The highest BCUT2D eigenvalue weighted by atomic mass is 32.1. The molecule has 0 aliphatic rings. The highest BCUT2D eigenvalue weighted by molar-refractivity contribution is 7.80. The minimum Gasteiger partial charge on any atom is -0.497 e. The van der Waals surface area contributed by atoms with Crippen LogP contribution >= 0.6 is 12.2 Å². The largest absolute Gasteiger partial charge is 0.497 e. The normalized spacial score (nSPS) is 10.8. The lowest BCUT2D eigenvalue weighted by Gasteiger charge is -2.26. The zero-order chi connectivity index (χ0) is 21.7. The number of benzene rings is 2. The van der Waals surface area contributed by atoms with E-state index in [1.807, 2.05) is 55.1 Å². The number of aromatic amines is 1. The second-order valence-electron chi connectivity index (χ2n) is 7.32. The molecule has 0 spiro atoms. The van der Waals surface area contributed by atoms with Gasteiger partial charge < -0.3 is 25.0 Å². The third-order valence-corrected chi connectivity index (χ3v) is 5.36. The number of anilines is 1. The molecule has 7 heteroatoms. The van der Waals surface area contributed by atoms with E-state index in [4.69, 9.17) is 17.0 Å². The van der Waals surface area contributed by atoms with Crippen LogP contribution in [0.25, 0.3) is 10.9 Å². The number of nitrogens with zero attached hydrogens (tertiary/aromatic N) is 1. The van der Waals surface area contributed by atoms with Crippen LogP contribution in [0, 0.1) is 13.8 Å². The van der Waals surface area contributed by atoms with Crippen LogP contribution in [-0.4, -0.2) is 40.4 Å². The molecule has 6 nitrogen and oxygen atoms in total. The van der Waals surface area contributed by atoms with E-state index in [0.29, 0.717) is 30.2 Å². The van der Waals surface area contributed by atoms with Crippen LogP contribution in [-0.2, 0) is 6.54 Å². The summed E-state index contributed by atoms with van der Waals surface area (Å²) in [6, 6.07) is 13.5. The quantitative estimate of drug-likeness (QED) is 0.501. The van der Waals surface area contributed by atoms with Crippen molar-refractivity contribution in [1.29, 1.82) is 0 Å². The number of aromatic nitrogens is 1. The average Bonchev–Trinajstić information content (AvgIpc) is 2.73. The first-order chi connectivity index (χ1) is 14.4. The highest BCUT2D eigenvalue weighted by Crippen LogP contribution is 2.20. The van der Waals surface area contributed by atoms with Gasteiger partial charge in [-0.15, -0.1) is 0 Å². The number of aryl methyl sites for hydroxylation is 2. The molecular formula is C23H27N3O3S. The molecule has 0 fully saturated rings. The summed E-state index contributed by atoms with van der Waals surface area (Å²) in [7, 11) is 1.61. The molecule has 2 aromatic carbocycles. The summed E-state index contributed by atoms with van der Waals surface area (Å²) >= 11 is 5.65. The van der Waals surface area contributed by atoms with Crippen molar-refractivity contribution < 1.29 is 9.84 Å². The summed E-state index contributed by atoms with van der Waals surface area (Å²) in [5, 5.41) is 14.0. The summed E-state index contributed by atoms with van der Waals surface area (Å²) in [5.74, 6) is 0.727. The molecule has 0 radical (unpaired) electrons. The summed E-state index contributed by atoms with van der Waals surface area (Å²) in [4.78, 5) is 17.5.